The second-order valence-electron chi connectivity index (χ2n) is 7.30. The molecule has 3 rings (SSSR count). The van der Waals surface area contributed by atoms with E-state index in [0.717, 1.165) is 23.4 Å². The Morgan fingerprint density at radius 2 is 2.25 bits per heavy atom. The van der Waals surface area contributed by atoms with Gasteiger partial charge in [-0.05, 0) is 31.0 Å². The van der Waals surface area contributed by atoms with Crippen molar-refractivity contribution in [3.05, 3.63) is 40.5 Å². The summed E-state index contributed by atoms with van der Waals surface area (Å²) in [5.41, 5.74) is 1.82. The number of nitrogens with zero attached hydrogens (tertiary/aromatic N) is 2. The lowest BCUT2D eigenvalue weighted by Crippen LogP contribution is -2.22. The highest BCUT2D eigenvalue weighted by molar-refractivity contribution is 6.30. The number of anilines is 1. The zero-order valence-electron chi connectivity index (χ0n) is 16.4. The number of halogens is 1. The first-order chi connectivity index (χ1) is 13.4. The summed E-state index contributed by atoms with van der Waals surface area (Å²) in [6.07, 6.45) is -0.00592. The summed E-state index contributed by atoms with van der Waals surface area (Å²) >= 11 is 6.17. The molecule has 1 aromatic heterocycles. The van der Waals surface area contributed by atoms with Crippen molar-refractivity contribution in [3.63, 3.8) is 0 Å². The molecule has 0 spiro atoms. The van der Waals surface area contributed by atoms with Gasteiger partial charge in [0.2, 0.25) is 0 Å². The van der Waals surface area contributed by atoms with Crippen molar-refractivity contribution in [1.82, 2.24) is 9.78 Å². The average molecular weight is 408 g/mol. The van der Waals surface area contributed by atoms with Crippen LogP contribution in [0.3, 0.4) is 0 Å². The normalized spacial score (nSPS) is 16.4. The Labute approximate surface area is 169 Å². The van der Waals surface area contributed by atoms with Crippen molar-refractivity contribution >= 4 is 23.5 Å². The zero-order chi connectivity index (χ0) is 20.1. The van der Waals surface area contributed by atoms with Crippen LogP contribution in [0.15, 0.2) is 24.3 Å². The number of aryl methyl sites for hydroxylation is 1. The first kappa shape index (κ1) is 20.5. The van der Waals surface area contributed by atoms with Crippen molar-refractivity contribution in [2.24, 2.45) is 5.92 Å². The molecule has 152 valence electrons. The molecular formula is C20H26ClN3O4. The molecule has 28 heavy (non-hydrogen) atoms. The number of benzene rings is 1. The molecule has 1 aromatic carbocycles. The highest BCUT2D eigenvalue weighted by Gasteiger charge is 2.20. The molecule has 7 nitrogen and oxygen atoms in total. The molecule has 0 aliphatic carbocycles. The lowest BCUT2D eigenvalue weighted by molar-refractivity contribution is 0.0931. The molecule has 1 aliphatic heterocycles. The maximum Gasteiger partial charge on any atom is 0.413 e. The summed E-state index contributed by atoms with van der Waals surface area (Å²) in [4.78, 5) is 12.0. The van der Waals surface area contributed by atoms with E-state index in [1.54, 1.807) is 10.7 Å². The molecule has 0 radical (unpaired) electrons. The van der Waals surface area contributed by atoms with Crippen molar-refractivity contribution in [2.75, 3.05) is 25.1 Å². The van der Waals surface area contributed by atoms with Gasteiger partial charge in [-0.25, -0.2) is 4.79 Å². The number of carbonyl (C=O) groups excluding carboxylic acids is 1. The minimum Gasteiger partial charge on any atom is -0.493 e. The molecule has 1 amide bonds. The van der Waals surface area contributed by atoms with E-state index in [-0.39, 0.29) is 6.10 Å². The smallest absolute Gasteiger partial charge is 0.413 e. The Morgan fingerprint density at radius 1 is 1.43 bits per heavy atom. The van der Waals surface area contributed by atoms with Crippen LogP contribution in [-0.4, -0.2) is 41.8 Å². The Balaban J connectivity index is 1.67. The van der Waals surface area contributed by atoms with Crippen LogP contribution in [0.2, 0.25) is 5.02 Å². The first-order valence-electron chi connectivity index (χ1n) is 9.41. The van der Waals surface area contributed by atoms with Gasteiger partial charge in [0.1, 0.15) is 11.9 Å². The Morgan fingerprint density at radius 3 is 2.96 bits per heavy atom. The molecule has 1 N–H and O–H groups in total. The number of carbonyl (C=O) groups is 1. The SMILES string of the molecule is Cc1cc(NC(=O)OC2CCOC2)nn1Cc1cc(Cl)ccc1OCC(C)C. The predicted octanol–water partition coefficient (Wildman–Crippen LogP) is 4.27. The molecule has 0 bridgehead atoms. The summed E-state index contributed by atoms with van der Waals surface area (Å²) in [5, 5.41) is 7.77. The number of rotatable bonds is 7. The largest absolute Gasteiger partial charge is 0.493 e. The summed E-state index contributed by atoms with van der Waals surface area (Å²) < 4.78 is 18.2. The predicted molar refractivity (Wildman–Crippen MR) is 107 cm³/mol. The van der Waals surface area contributed by atoms with Crippen molar-refractivity contribution in [2.45, 2.75) is 39.8 Å². The van der Waals surface area contributed by atoms with Gasteiger partial charge >= 0.3 is 6.09 Å². The van der Waals surface area contributed by atoms with Gasteiger partial charge in [0, 0.05) is 28.8 Å². The lowest BCUT2D eigenvalue weighted by atomic mass is 10.2. The molecule has 1 aliphatic rings. The molecule has 1 unspecified atom stereocenters. The van der Waals surface area contributed by atoms with Crippen LogP contribution >= 0.6 is 11.6 Å². The lowest BCUT2D eigenvalue weighted by Gasteiger charge is -2.14. The fourth-order valence-corrected chi connectivity index (χ4v) is 3.05. The van der Waals surface area contributed by atoms with Gasteiger partial charge in [-0.1, -0.05) is 25.4 Å². The molecule has 1 fully saturated rings. The monoisotopic (exact) mass is 407 g/mol. The van der Waals surface area contributed by atoms with Crippen molar-refractivity contribution < 1.29 is 19.0 Å². The third-order valence-electron chi connectivity index (χ3n) is 4.29. The van der Waals surface area contributed by atoms with Crippen LogP contribution in [0, 0.1) is 12.8 Å². The van der Waals surface area contributed by atoms with Crippen LogP contribution in [-0.2, 0) is 16.0 Å². The van der Waals surface area contributed by atoms with Crippen LogP contribution in [0.4, 0.5) is 10.6 Å². The van der Waals surface area contributed by atoms with Gasteiger partial charge in [0.05, 0.1) is 26.4 Å². The maximum absolute atomic E-state index is 12.0. The van der Waals surface area contributed by atoms with Crippen LogP contribution in [0.25, 0.3) is 0 Å². The fourth-order valence-electron chi connectivity index (χ4n) is 2.85. The fraction of sp³-hybridized carbons (Fsp3) is 0.500. The summed E-state index contributed by atoms with van der Waals surface area (Å²) in [6, 6.07) is 7.36. The minimum absolute atomic E-state index is 0.199. The summed E-state index contributed by atoms with van der Waals surface area (Å²) in [6.45, 7) is 8.28. The van der Waals surface area contributed by atoms with Gasteiger partial charge in [0.25, 0.3) is 0 Å². The molecule has 1 saturated heterocycles. The van der Waals surface area contributed by atoms with Gasteiger partial charge in [-0.2, -0.15) is 5.10 Å². The molecule has 1 atom stereocenters. The number of hydrogen-bond acceptors (Lipinski definition) is 5. The topological polar surface area (TPSA) is 74.6 Å². The van der Waals surface area contributed by atoms with Crippen molar-refractivity contribution in [3.8, 4) is 5.75 Å². The third-order valence-corrected chi connectivity index (χ3v) is 4.52. The van der Waals surface area contributed by atoms with E-state index in [1.165, 1.54) is 0 Å². The van der Waals surface area contributed by atoms with E-state index >= 15 is 0 Å². The third kappa shape index (κ3) is 5.62. The Kier molecular flexibility index (Phi) is 6.80. The van der Waals surface area contributed by atoms with Crippen molar-refractivity contribution in [1.29, 1.82) is 0 Å². The van der Waals surface area contributed by atoms with Gasteiger partial charge in [-0.3, -0.25) is 10.00 Å². The molecule has 0 saturated carbocycles. The average Bonchev–Trinajstić information content (AvgIpc) is 3.24. The van der Waals surface area contributed by atoms with Gasteiger partial charge in [-0.15, -0.1) is 0 Å². The van der Waals surface area contributed by atoms with Crippen LogP contribution in [0.1, 0.15) is 31.5 Å². The Bertz CT molecular complexity index is 816. The number of nitrogens with one attached hydrogen (secondary N) is 1. The summed E-state index contributed by atoms with van der Waals surface area (Å²) in [7, 11) is 0. The van der Waals surface area contributed by atoms with Gasteiger partial charge < -0.3 is 14.2 Å². The first-order valence-corrected chi connectivity index (χ1v) is 9.79. The number of ether oxygens (including phenoxy) is 3. The van der Waals surface area contributed by atoms with E-state index in [4.69, 9.17) is 25.8 Å². The minimum atomic E-state index is -0.524. The van der Waals surface area contributed by atoms with E-state index in [0.29, 0.717) is 43.1 Å². The van der Waals surface area contributed by atoms with Crippen LogP contribution in [0.5, 0.6) is 5.75 Å². The molecule has 2 heterocycles. The standard InChI is InChI=1S/C20H26ClN3O4/c1-13(2)11-27-18-5-4-16(21)9-15(18)10-24-14(3)8-19(23-24)22-20(25)28-17-6-7-26-12-17/h4-5,8-9,13,17H,6-7,10-12H2,1-3H3,(H,22,23,25). The van der Waals surface area contributed by atoms with E-state index in [9.17, 15) is 4.79 Å². The highest BCUT2D eigenvalue weighted by Crippen LogP contribution is 2.25. The zero-order valence-corrected chi connectivity index (χ0v) is 17.2. The molecular weight excluding hydrogens is 382 g/mol. The number of amides is 1. The van der Waals surface area contributed by atoms with E-state index in [2.05, 4.69) is 24.3 Å². The molecule has 8 heteroatoms. The van der Waals surface area contributed by atoms with Gasteiger partial charge in [0.15, 0.2) is 5.82 Å². The Hall–Kier alpha value is -2.25. The van der Waals surface area contributed by atoms with Crippen LogP contribution < -0.4 is 10.1 Å². The van der Waals surface area contributed by atoms with E-state index in [1.807, 2.05) is 25.1 Å². The second kappa shape index (κ2) is 9.30. The summed E-state index contributed by atoms with van der Waals surface area (Å²) in [5.74, 6) is 1.64. The quantitative estimate of drug-likeness (QED) is 0.742. The molecule has 2 aromatic rings. The maximum atomic E-state index is 12.0. The second-order valence-corrected chi connectivity index (χ2v) is 7.74. The number of hydrogen-bond donors (Lipinski definition) is 1. The highest BCUT2D eigenvalue weighted by atomic mass is 35.5. The number of aromatic nitrogens is 2. The van der Waals surface area contributed by atoms with E-state index < -0.39 is 6.09 Å².